The molecule has 0 saturated heterocycles. The fraction of sp³-hybridized carbons (Fsp3) is 0.130. The van der Waals surface area contributed by atoms with Gasteiger partial charge in [-0.25, -0.2) is 0 Å². The third kappa shape index (κ3) is 4.91. The number of benzene rings is 2. The van der Waals surface area contributed by atoms with Crippen molar-refractivity contribution in [1.29, 1.82) is 0 Å². The predicted octanol–water partition coefficient (Wildman–Crippen LogP) is 6.42. The molecule has 1 atom stereocenters. The molecule has 0 radical (unpaired) electrons. The highest BCUT2D eigenvalue weighted by Gasteiger charge is 2.03. The van der Waals surface area contributed by atoms with Crippen LogP contribution in [0.4, 0.5) is 0 Å². The van der Waals surface area contributed by atoms with E-state index in [1.165, 1.54) is 38.4 Å². The molecule has 2 aromatic carbocycles. The molecular formula is C23H25P. The van der Waals surface area contributed by atoms with Gasteiger partial charge in [0.05, 0.1) is 0 Å². The largest absolute Gasteiger partial charge is 0.0991 e. The van der Waals surface area contributed by atoms with Crippen molar-refractivity contribution < 1.29 is 0 Å². The maximum atomic E-state index is 4.28. The fourth-order valence-corrected chi connectivity index (χ4v) is 3.49. The van der Waals surface area contributed by atoms with Gasteiger partial charge in [-0.05, 0) is 59.2 Å². The van der Waals surface area contributed by atoms with Crippen molar-refractivity contribution in [2.75, 3.05) is 0 Å². The van der Waals surface area contributed by atoms with Crippen molar-refractivity contribution in [3.8, 4) is 0 Å². The molecule has 2 aromatic rings. The van der Waals surface area contributed by atoms with Gasteiger partial charge in [-0.15, -0.1) is 0 Å². The Morgan fingerprint density at radius 1 is 0.917 bits per heavy atom. The van der Waals surface area contributed by atoms with E-state index in [1.54, 1.807) is 6.08 Å². The topological polar surface area (TPSA) is 0 Å². The maximum Gasteiger partial charge on any atom is -0.0184 e. The minimum Gasteiger partial charge on any atom is -0.0991 e. The van der Waals surface area contributed by atoms with Gasteiger partial charge in [0.2, 0.25) is 0 Å². The summed E-state index contributed by atoms with van der Waals surface area (Å²) in [6.45, 7) is 14.4. The molecular weight excluding hydrogens is 307 g/mol. The molecule has 0 nitrogen and oxygen atoms in total. The van der Waals surface area contributed by atoms with Crippen LogP contribution in [0, 0.1) is 13.8 Å². The molecule has 2 rings (SSSR count). The monoisotopic (exact) mass is 332 g/mol. The molecule has 122 valence electrons. The Kier molecular flexibility index (Phi) is 6.53. The summed E-state index contributed by atoms with van der Waals surface area (Å²) in [5.41, 5.74) is 6.36. The molecule has 0 spiro atoms. The number of aryl methyl sites for hydroxylation is 2. The zero-order valence-corrected chi connectivity index (χ0v) is 15.8. The molecule has 0 saturated carbocycles. The lowest BCUT2D eigenvalue weighted by Gasteiger charge is -2.10. The molecule has 0 heterocycles. The first-order chi connectivity index (χ1) is 11.5. The second kappa shape index (κ2) is 8.62. The van der Waals surface area contributed by atoms with E-state index in [1.807, 2.05) is 12.2 Å². The predicted molar refractivity (Wildman–Crippen MR) is 112 cm³/mol. The van der Waals surface area contributed by atoms with Crippen LogP contribution in [-0.4, -0.2) is 0 Å². The number of hydrogen-bond acceptors (Lipinski definition) is 0. The van der Waals surface area contributed by atoms with E-state index < -0.39 is 0 Å². The van der Waals surface area contributed by atoms with Crippen LogP contribution in [0.15, 0.2) is 79.9 Å². The Balaban J connectivity index is 2.10. The summed E-state index contributed by atoms with van der Waals surface area (Å²) in [4.78, 5) is 0. The van der Waals surface area contributed by atoms with E-state index in [9.17, 15) is 0 Å². The molecule has 0 aliphatic heterocycles. The van der Waals surface area contributed by atoms with E-state index in [4.69, 9.17) is 0 Å². The highest BCUT2D eigenvalue weighted by Crippen LogP contribution is 2.32. The highest BCUT2D eigenvalue weighted by atomic mass is 31.1. The summed E-state index contributed by atoms with van der Waals surface area (Å²) in [6.07, 6.45) is 7.83. The zero-order valence-electron chi connectivity index (χ0n) is 14.8. The van der Waals surface area contributed by atoms with Gasteiger partial charge in [0, 0.05) is 0 Å². The van der Waals surface area contributed by atoms with Crippen molar-refractivity contribution in [3.05, 3.63) is 102 Å². The summed E-state index contributed by atoms with van der Waals surface area (Å²) < 4.78 is 0. The molecule has 24 heavy (non-hydrogen) atoms. The van der Waals surface area contributed by atoms with E-state index in [-0.39, 0.29) is 0 Å². The van der Waals surface area contributed by atoms with Crippen LogP contribution in [0.5, 0.6) is 0 Å². The molecule has 0 N–H and O–H groups in total. The number of hydrogen-bond donors (Lipinski definition) is 0. The van der Waals surface area contributed by atoms with Gasteiger partial charge in [-0.1, -0.05) is 88.5 Å². The lowest BCUT2D eigenvalue weighted by atomic mass is 10.0. The van der Waals surface area contributed by atoms with Gasteiger partial charge < -0.3 is 0 Å². The first-order valence-corrected chi connectivity index (χ1v) is 9.11. The van der Waals surface area contributed by atoms with Crippen LogP contribution in [-0.2, 0) is 0 Å². The van der Waals surface area contributed by atoms with Crippen molar-refractivity contribution >= 4 is 24.8 Å². The summed E-state index contributed by atoms with van der Waals surface area (Å²) in [7, 11) is 0.609. The van der Waals surface area contributed by atoms with Crippen LogP contribution in [0.25, 0.3) is 10.9 Å². The molecule has 0 fully saturated rings. The minimum absolute atomic E-state index is 0.609. The number of rotatable bonds is 6. The van der Waals surface area contributed by atoms with Gasteiger partial charge in [0.1, 0.15) is 0 Å². The van der Waals surface area contributed by atoms with E-state index >= 15 is 0 Å². The van der Waals surface area contributed by atoms with E-state index in [2.05, 4.69) is 82.5 Å². The minimum atomic E-state index is 0.609. The highest BCUT2D eigenvalue weighted by molar-refractivity contribution is 7.58. The SMILES string of the molecule is C=C/C=C\C=C(/C)c1ccc(C(=C)Pc2ccc(C)c(C)c2)cc1. The van der Waals surface area contributed by atoms with Crippen LogP contribution in [0.2, 0.25) is 0 Å². The van der Waals surface area contributed by atoms with Crippen molar-refractivity contribution in [3.63, 3.8) is 0 Å². The summed E-state index contributed by atoms with van der Waals surface area (Å²) >= 11 is 0. The van der Waals surface area contributed by atoms with Gasteiger partial charge in [0.25, 0.3) is 0 Å². The normalized spacial score (nSPS) is 12.2. The van der Waals surface area contributed by atoms with Gasteiger partial charge in [0.15, 0.2) is 0 Å². The standard InChI is InChI=1S/C23H25P/c1-6-7-8-9-18(3)21-11-13-22(14-12-21)20(5)24-23-15-10-17(2)19(4)16-23/h6-16,24H,1,5H2,2-4H3/b8-7-,18-9+. The summed E-state index contributed by atoms with van der Waals surface area (Å²) in [5, 5.41) is 2.52. The summed E-state index contributed by atoms with van der Waals surface area (Å²) in [5.74, 6) is 0. The van der Waals surface area contributed by atoms with Crippen LogP contribution < -0.4 is 5.30 Å². The molecule has 0 amide bonds. The molecule has 1 unspecified atom stereocenters. The Labute approximate surface area is 148 Å². The molecule has 0 aliphatic carbocycles. The Bertz CT molecular complexity index is 789. The molecule has 1 heteroatoms. The van der Waals surface area contributed by atoms with Crippen molar-refractivity contribution in [2.24, 2.45) is 0 Å². The quantitative estimate of drug-likeness (QED) is 0.423. The van der Waals surface area contributed by atoms with Crippen LogP contribution in [0.3, 0.4) is 0 Å². The molecule has 0 bridgehead atoms. The molecule has 0 aromatic heterocycles. The van der Waals surface area contributed by atoms with Gasteiger partial charge >= 0.3 is 0 Å². The van der Waals surface area contributed by atoms with Gasteiger partial charge in [-0.2, -0.15) is 0 Å². The second-order valence-electron chi connectivity index (χ2n) is 5.95. The number of allylic oxidation sites excluding steroid dienone is 5. The third-order valence-electron chi connectivity index (χ3n) is 4.08. The van der Waals surface area contributed by atoms with Crippen molar-refractivity contribution in [1.82, 2.24) is 0 Å². The Hall–Kier alpha value is -2.17. The average molecular weight is 332 g/mol. The van der Waals surface area contributed by atoms with Crippen LogP contribution in [0.1, 0.15) is 29.2 Å². The zero-order chi connectivity index (χ0) is 17.5. The Morgan fingerprint density at radius 2 is 1.58 bits per heavy atom. The van der Waals surface area contributed by atoms with Crippen LogP contribution >= 0.6 is 8.58 Å². The second-order valence-corrected chi connectivity index (χ2v) is 7.38. The van der Waals surface area contributed by atoms with Gasteiger partial charge in [-0.3, -0.25) is 0 Å². The lowest BCUT2D eigenvalue weighted by Crippen LogP contribution is -1.96. The first kappa shape index (κ1) is 18.2. The maximum absolute atomic E-state index is 4.28. The van der Waals surface area contributed by atoms with E-state index in [0.717, 1.165) is 0 Å². The smallest absolute Gasteiger partial charge is 0.0184 e. The van der Waals surface area contributed by atoms with Crippen molar-refractivity contribution in [2.45, 2.75) is 20.8 Å². The summed E-state index contributed by atoms with van der Waals surface area (Å²) in [6, 6.07) is 15.3. The first-order valence-electron chi connectivity index (χ1n) is 8.11. The third-order valence-corrected chi connectivity index (χ3v) is 5.27. The molecule has 0 aliphatic rings. The van der Waals surface area contributed by atoms with E-state index in [0.29, 0.717) is 8.58 Å². The Morgan fingerprint density at radius 3 is 2.21 bits per heavy atom. The average Bonchev–Trinajstić information content (AvgIpc) is 2.58. The fourth-order valence-electron chi connectivity index (χ4n) is 2.37. The lowest BCUT2D eigenvalue weighted by molar-refractivity contribution is 1.35.